The Morgan fingerprint density at radius 1 is 0.491 bits per heavy atom. The monoisotopic (exact) mass is 755 g/mol. The average Bonchev–Trinajstić information content (AvgIpc) is 3.11. The number of nitrogens with zero attached hydrogens (tertiary/aromatic N) is 1. The second kappa shape index (κ2) is 37.3. The number of quaternary nitrogens is 1. The van der Waals surface area contributed by atoms with Gasteiger partial charge in [0.2, 0.25) is 0 Å². The van der Waals surface area contributed by atoms with Gasteiger partial charge in [0.25, 0.3) is 0 Å². The van der Waals surface area contributed by atoms with Gasteiger partial charge in [0.05, 0.1) is 34.4 Å². The Kier molecular flexibility index (Phi) is 36.1. The van der Waals surface area contributed by atoms with Crippen molar-refractivity contribution in [2.75, 3.05) is 41.0 Å². The Labute approximate surface area is 327 Å². The van der Waals surface area contributed by atoms with E-state index in [0.29, 0.717) is 19.3 Å². The van der Waals surface area contributed by atoms with Gasteiger partial charge in [-0.3, -0.25) is 9.59 Å². The summed E-state index contributed by atoms with van der Waals surface area (Å²) in [5.74, 6) is -1.44. The van der Waals surface area contributed by atoms with Crippen LogP contribution in [0.3, 0.4) is 0 Å². The Morgan fingerprint density at radius 3 is 1.17 bits per heavy atom. The van der Waals surface area contributed by atoms with Crippen LogP contribution >= 0.6 is 0 Å². The molecule has 0 spiro atoms. The van der Waals surface area contributed by atoms with Gasteiger partial charge in [-0.05, 0) is 12.8 Å². The molecule has 0 heterocycles. The fourth-order valence-corrected chi connectivity index (χ4v) is 6.98. The average molecular weight is 755 g/mol. The number of hydrogen-bond donors (Lipinski definition) is 1. The Bertz CT molecular complexity index is 843. The van der Waals surface area contributed by atoms with E-state index >= 15 is 0 Å². The molecule has 0 aromatic carbocycles. The molecular formula is C45H88NO7+. The van der Waals surface area contributed by atoms with Crippen LogP contribution in [0.2, 0.25) is 0 Å². The van der Waals surface area contributed by atoms with Crippen molar-refractivity contribution in [3.05, 3.63) is 0 Å². The summed E-state index contributed by atoms with van der Waals surface area (Å²) < 4.78 is 17.3. The third-order valence-electron chi connectivity index (χ3n) is 10.5. The molecule has 53 heavy (non-hydrogen) atoms. The van der Waals surface area contributed by atoms with Gasteiger partial charge in [-0.2, -0.15) is 0 Å². The van der Waals surface area contributed by atoms with Crippen LogP contribution in [0.4, 0.5) is 0 Å². The number of rotatable bonds is 41. The number of ether oxygens (including phenoxy) is 3. The highest BCUT2D eigenvalue weighted by atomic mass is 16.6. The van der Waals surface area contributed by atoms with Gasteiger partial charge in [0.1, 0.15) is 6.61 Å². The van der Waals surface area contributed by atoms with E-state index in [1.807, 2.05) is 21.1 Å². The van der Waals surface area contributed by atoms with Gasteiger partial charge >= 0.3 is 17.9 Å². The topological polar surface area (TPSA) is 99.1 Å². The first kappa shape index (κ1) is 51.3. The fourth-order valence-electron chi connectivity index (χ4n) is 6.98. The standard InChI is InChI=1S/C45H87NO7/c1-6-8-10-12-14-16-18-20-22-24-25-27-29-31-33-35-43(47)52-40-41(39-51-38-37-42(45(49)50)46(3,4)5)53-44(48)36-34-32-30-28-26-23-21-19-17-15-13-11-9-7-2/h41-42H,6-40H2,1-5H3/p+1. The third-order valence-corrected chi connectivity index (χ3v) is 10.5. The van der Waals surface area contributed by atoms with E-state index in [1.54, 1.807) is 0 Å². The molecule has 0 saturated carbocycles. The quantitative estimate of drug-likeness (QED) is 0.0377. The molecule has 2 atom stereocenters. The number of esters is 2. The van der Waals surface area contributed by atoms with Crippen molar-refractivity contribution in [1.29, 1.82) is 0 Å². The minimum Gasteiger partial charge on any atom is -0.477 e. The van der Waals surface area contributed by atoms with E-state index in [0.717, 1.165) is 38.5 Å². The first-order valence-electron chi connectivity index (χ1n) is 22.6. The normalized spacial score (nSPS) is 12.8. The largest absolute Gasteiger partial charge is 0.477 e. The van der Waals surface area contributed by atoms with Gasteiger partial charge in [-0.1, -0.05) is 187 Å². The molecule has 0 bridgehead atoms. The molecule has 2 unspecified atom stereocenters. The van der Waals surface area contributed by atoms with Crippen molar-refractivity contribution in [2.45, 2.75) is 231 Å². The molecule has 1 N–H and O–H groups in total. The van der Waals surface area contributed by atoms with Crippen LogP contribution in [-0.4, -0.2) is 80.6 Å². The van der Waals surface area contributed by atoms with Gasteiger partial charge in [0, 0.05) is 19.3 Å². The first-order chi connectivity index (χ1) is 25.6. The molecular weight excluding hydrogens is 666 g/mol. The summed E-state index contributed by atoms with van der Waals surface area (Å²) in [6.45, 7) is 4.77. The number of carboxylic acid groups (broad SMARTS) is 1. The fraction of sp³-hybridized carbons (Fsp3) is 0.933. The smallest absolute Gasteiger partial charge is 0.362 e. The van der Waals surface area contributed by atoms with Crippen LogP contribution in [0, 0.1) is 0 Å². The lowest BCUT2D eigenvalue weighted by atomic mass is 10.0. The second-order valence-electron chi connectivity index (χ2n) is 16.7. The highest BCUT2D eigenvalue weighted by molar-refractivity contribution is 5.72. The van der Waals surface area contributed by atoms with Crippen molar-refractivity contribution in [2.24, 2.45) is 0 Å². The molecule has 8 nitrogen and oxygen atoms in total. The van der Waals surface area contributed by atoms with Crippen LogP contribution in [-0.2, 0) is 28.6 Å². The molecule has 0 fully saturated rings. The number of aliphatic carboxylic acids is 1. The second-order valence-corrected chi connectivity index (χ2v) is 16.7. The van der Waals surface area contributed by atoms with Crippen molar-refractivity contribution in [3.63, 3.8) is 0 Å². The zero-order valence-corrected chi connectivity index (χ0v) is 35.7. The van der Waals surface area contributed by atoms with Crippen molar-refractivity contribution < 1.29 is 38.2 Å². The highest BCUT2D eigenvalue weighted by Gasteiger charge is 2.31. The van der Waals surface area contributed by atoms with Crippen LogP contribution < -0.4 is 0 Å². The Morgan fingerprint density at radius 2 is 0.830 bits per heavy atom. The molecule has 0 rings (SSSR count). The van der Waals surface area contributed by atoms with Gasteiger partial charge in [-0.15, -0.1) is 0 Å². The van der Waals surface area contributed by atoms with E-state index in [1.165, 1.54) is 148 Å². The number of unbranched alkanes of at least 4 members (excludes halogenated alkanes) is 27. The van der Waals surface area contributed by atoms with Gasteiger partial charge in [0.15, 0.2) is 12.1 Å². The van der Waals surface area contributed by atoms with E-state index in [-0.39, 0.29) is 36.2 Å². The SMILES string of the molecule is CCCCCCCCCCCCCCCCCC(=O)OCC(COCCC(C(=O)O)[N+](C)(C)C)OC(=O)CCCCCCCCCCCCCCCC. The van der Waals surface area contributed by atoms with E-state index in [4.69, 9.17) is 14.2 Å². The molecule has 0 aliphatic carbocycles. The van der Waals surface area contributed by atoms with E-state index < -0.39 is 18.1 Å². The van der Waals surface area contributed by atoms with E-state index in [2.05, 4.69) is 13.8 Å². The molecule has 0 saturated heterocycles. The predicted molar refractivity (Wildman–Crippen MR) is 220 cm³/mol. The number of carbonyl (C=O) groups is 3. The molecule has 0 aromatic rings. The lowest BCUT2D eigenvalue weighted by Gasteiger charge is -2.31. The lowest BCUT2D eigenvalue weighted by Crippen LogP contribution is -2.50. The van der Waals surface area contributed by atoms with Gasteiger partial charge in [-0.25, -0.2) is 4.79 Å². The van der Waals surface area contributed by atoms with E-state index in [9.17, 15) is 19.5 Å². The van der Waals surface area contributed by atoms with Crippen LogP contribution in [0.1, 0.15) is 219 Å². The predicted octanol–water partition coefficient (Wildman–Crippen LogP) is 12.1. The summed E-state index contributed by atoms with van der Waals surface area (Å²) in [4.78, 5) is 37.0. The molecule has 0 aliphatic heterocycles. The molecule has 0 amide bonds. The lowest BCUT2D eigenvalue weighted by molar-refractivity contribution is -0.887. The first-order valence-corrected chi connectivity index (χ1v) is 22.6. The molecule has 0 aromatic heterocycles. The Balaban J connectivity index is 4.29. The summed E-state index contributed by atoms with van der Waals surface area (Å²) in [5.41, 5.74) is 0. The molecule has 8 heteroatoms. The van der Waals surface area contributed by atoms with Crippen LogP contribution in [0.15, 0.2) is 0 Å². The molecule has 0 aliphatic rings. The maximum atomic E-state index is 12.7. The summed E-state index contributed by atoms with van der Waals surface area (Å²) in [6, 6.07) is -0.607. The number of carboxylic acids is 1. The zero-order chi connectivity index (χ0) is 39.3. The number of likely N-dealkylation sites (N-methyl/N-ethyl adjacent to an activating group) is 1. The van der Waals surface area contributed by atoms with Gasteiger partial charge < -0.3 is 23.8 Å². The number of carbonyl (C=O) groups excluding carboxylic acids is 2. The minimum absolute atomic E-state index is 0.0419. The summed E-state index contributed by atoms with van der Waals surface area (Å²) in [6.07, 6.45) is 37.0. The van der Waals surface area contributed by atoms with Crippen molar-refractivity contribution in [3.8, 4) is 0 Å². The highest BCUT2D eigenvalue weighted by Crippen LogP contribution is 2.16. The third kappa shape index (κ3) is 35.8. The van der Waals surface area contributed by atoms with Crippen molar-refractivity contribution in [1.82, 2.24) is 0 Å². The zero-order valence-electron chi connectivity index (χ0n) is 35.7. The maximum absolute atomic E-state index is 12.7. The van der Waals surface area contributed by atoms with Crippen LogP contribution in [0.25, 0.3) is 0 Å². The summed E-state index contributed by atoms with van der Waals surface area (Å²) in [7, 11) is 5.54. The number of hydrogen-bond acceptors (Lipinski definition) is 6. The molecule has 314 valence electrons. The minimum atomic E-state index is -0.870. The summed E-state index contributed by atoms with van der Waals surface area (Å²) >= 11 is 0. The van der Waals surface area contributed by atoms with Crippen molar-refractivity contribution >= 4 is 17.9 Å². The molecule has 0 radical (unpaired) electrons. The maximum Gasteiger partial charge on any atom is 0.362 e. The summed E-state index contributed by atoms with van der Waals surface area (Å²) in [5, 5.41) is 9.61. The van der Waals surface area contributed by atoms with Crippen LogP contribution in [0.5, 0.6) is 0 Å². The Hall–Kier alpha value is -1.67.